The number of nitrogens with one attached hydrogen (secondary N) is 1. The van der Waals surface area contributed by atoms with E-state index in [1.54, 1.807) is 12.1 Å². The fourth-order valence-corrected chi connectivity index (χ4v) is 3.03. The van der Waals surface area contributed by atoms with Crippen LogP contribution in [-0.2, 0) is 21.4 Å². The molecule has 2 aromatic carbocycles. The predicted molar refractivity (Wildman–Crippen MR) is 91.5 cm³/mol. The van der Waals surface area contributed by atoms with Gasteiger partial charge in [0.1, 0.15) is 6.54 Å². The summed E-state index contributed by atoms with van der Waals surface area (Å²) in [6.45, 7) is 1.27. The van der Waals surface area contributed by atoms with E-state index in [1.807, 2.05) is 19.1 Å². The lowest BCUT2D eigenvalue weighted by atomic mass is 10.1. The Kier molecular flexibility index (Phi) is 5.91. The molecule has 9 heteroatoms. The van der Waals surface area contributed by atoms with Crippen LogP contribution < -0.4 is 9.62 Å². The molecule has 0 heterocycles. The van der Waals surface area contributed by atoms with Crippen LogP contribution in [0.2, 0.25) is 0 Å². The van der Waals surface area contributed by atoms with Crippen LogP contribution in [0.4, 0.5) is 18.9 Å². The molecule has 0 bridgehead atoms. The molecule has 0 saturated heterocycles. The fraction of sp³-hybridized carbons (Fsp3) is 0.235. The number of aryl methyl sites for hydroxylation is 1. The largest absolute Gasteiger partial charge is 0.350 e. The van der Waals surface area contributed by atoms with Crippen LogP contribution in [0.3, 0.4) is 0 Å². The van der Waals surface area contributed by atoms with Gasteiger partial charge in [0, 0.05) is 6.54 Å². The van der Waals surface area contributed by atoms with Gasteiger partial charge in [-0.05, 0) is 24.6 Å². The Morgan fingerprint density at radius 1 is 1.04 bits per heavy atom. The predicted octanol–water partition coefficient (Wildman–Crippen LogP) is 2.49. The van der Waals surface area contributed by atoms with Crippen molar-refractivity contribution in [1.82, 2.24) is 5.32 Å². The maximum absolute atomic E-state index is 13.9. The maximum Gasteiger partial charge on any atom is 0.241 e. The van der Waals surface area contributed by atoms with E-state index in [9.17, 15) is 26.4 Å². The van der Waals surface area contributed by atoms with Gasteiger partial charge in [0.05, 0.1) is 11.9 Å². The van der Waals surface area contributed by atoms with Crippen LogP contribution in [-0.4, -0.2) is 27.1 Å². The maximum atomic E-state index is 13.9. The average Bonchev–Trinajstić information content (AvgIpc) is 2.57. The van der Waals surface area contributed by atoms with Crippen LogP contribution in [0.15, 0.2) is 36.4 Å². The van der Waals surface area contributed by atoms with Crippen molar-refractivity contribution < 1.29 is 26.4 Å². The summed E-state index contributed by atoms with van der Waals surface area (Å²) in [5.41, 5.74) is 1.09. The Labute approximate surface area is 149 Å². The van der Waals surface area contributed by atoms with Crippen molar-refractivity contribution in [2.24, 2.45) is 0 Å². The SMILES string of the molecule is Cc1ccc(CNC(=O)CN(c2ccc(F)c(F)c2F)S(C)(=O)=O)cc1. The lowest BCUT2D eigenvalue weighted by Gasteiger charge is -2.22. The lowest BCUT2D eigenvalue weighted by molar-refractivity contribution is -0.119. The minimum atomic E-state index is -4.11. The quantitative estimate of drug-likeness (QED) is 0.776. The lowest BCUT2D eigenvalue weighted by Crippen LogP contribution is -2.40. The summed E-state index contributed by atoms with van der Waals surface area (Å²) in [6.07, 6.45) is 0.737. The second-order valence-corrected chi connectivity index (χ2v) is 7.63. The molecule has 0 unspecified atom stereocenters. The van der Waals surface area contributed by atoms with E-state index in [0.717, 1.165) is 23.4 Å². The van der Waals surface area contributed by atoms with E-state index in [4.69, 9.17) is 0 Å². The first-order chi connectivity index (χ1) is 12.1. The smallest absolute Gasteiger partial charge is 0.241 e. The van der Waals surface area contributed by atoms with Gasteiger partial charge in [0.25, 0.3) is 0 Å². The van der Waals surface area contributed by atoms with Crippen molar-refractivity contribution in [2.75, 3.05) is 17.1 Å². The molecule has 2 aromatic rings. The molecule has 0 aliphatic rings. The molecule has 0 aliphatic carbocycles. The molecule has 140 valence electrons. The van der Waals surface area contributed by atoms with Crippen LogP contribution >= 0.6 is 0 Å². The Morgan fingerprint density at radius 2 is 1.65 bits per heavy atom. The van der Waals surface area contributed by atoms with Crippen LogP contribution in [0, 0.1) is 24.4 Å². The standard InChI is InChI=1S/C17H17F3N2O3S/c1-11-3-5-12(6-4-11)9-21-15(23)10-22(26(2,24)25)14-8-7-13(18)16(19)17(14)20/h3-8H,9-10H2,1-2H3,(H,21,23). The highest BCUT2D eigenvalue weighted by Crippen LogP contribution is 2.25. The number of sulfonamides is 1. The first-order valence-corrected chi connectivity index (χ1v) is 9.38. The summed E-state index contributed by atoms with van der Waals surface area (Å²) in [6, 6.07) is 8.64. The Hall–Kier alpha value is -2.55. The highest BCUT2D eigenvalue weighted by atomic mass is 32.2. The molecule has 2 rings (SSSR count). The van der Waals surface area contributed by atoms with Crippen molar-refractivity contribution in [1.29, 1.82) is 0 Å². The van der Waals surface area contributed by atoms with Gasteiger partial charge in [0.2, 0.25) is 15.9 Å². The number of benzene rings is 2. The number of amides is 1. The number of carbonyl (C=O) groups excluding carboxylic acids is 1. The summed E-state index contributed by atoms with van der Waals surface area (Å²) < 4.78 is 64.6. The molecule has 0 fully saturated rings. The number of carbonyl (C=O) groups is 1. The second kappa shape index (κ2) is 7.77. The second-order valence-electron chi connectivity index (χ2n) is 5.73. The highest BCUT2D eigenvalue weighted by molar-refractivity contribution is 7.92. The Morgan fingerprint density at radius 3 is 2.23 bits per heavy atom. The third-order valence-electron chi connectivity index (χ3n) is 3.58. The molecule has 0 atom stereocenters. The third-order valence-corrected chi connectivity index (χ3v) is 4.71. The average molecular weight is 386 g/mol. The van der Waals surface area contributed by atoms with E-state index >= 15 is 0 Å². The van der Waals surface area contributed by atoms with Crippen molar-refractivity contribution in [2.45, 2.75) is 13.5 Å². The van der Waals surface area contributed by atoms with E-state index in [0.29, 0.717) is 10.4 Å². The van der Waals surface area contributed by atoms with Crippen LogP contribution in [0.25, 0.3) is 0 Å². The normalized spacial score (nSPS) is 11.3. The van der Waals surface area contributed by atoms with Gasteiger partial charge in [-0.1, -0.05) is 29.8 Å². The number of anilines is 1. The van der Waals surface area contributed by atoms with Gasteiger partial charge < -0.3 is 5.32 Å². The minimum Gasteiger partial charge on any atom is -0.350 e. The summed E-state index contributed by atoms with van der Waals surface area (Å²) in [5, 5.41) is 2.50. The zero-order valence-electron chi connectivity index (χ0n) is 14.1. The number of hydrogen-bond donors (Lipinski definition) is 1. The molecule has 0 radical (unpaired) electrons. The third kappa shape index (κ3) is 4.75. The number of nitrogens with zero attached hydrogens (tertiary/aromatic N) is 1. The van der Waals surface area contributed by atoms with Gasteiger partial charge in [-0.2, -0.15) is 0 Å². The monoisotopic (exact) mass is 386 g/mol. The van der Waals surface area contributed by atoms with Gasteiger partial charge in [-0.3, -0.25) is 9.10 Å². The molecule has 1 amide bonds. The van der Waals surface area contributed by atoms with Gasteiger partial charge in [0.15, 0.2) is 17.5 Å². The summed E-state index contributed by atoms with van der Waals surface area (Å²) in [5.74, 6) is -5.67. The number of rotatable bonds is 6. The van der Waals surface area contributed by atoms with Crippen molar-refractivity contribution in [3.05, 3.63) is 65.0 Å². The zero-order chi connectivity index (χ0) is 19.5. The van der Waals surface area contributed by atoms with E-state index in [-0.39, 0.29) is 6.54 Å². The fourth-order valence-electron chi connectivity index (χ4n) is 2.18. The summed E-state index contributed by atoms with van der Waals surface area (Å²) in [4.78, 5) is 12.1. The van der Waals surface area contributed by atoms with Crippen molar-refractivity contribution in [3.8, 4) is 0 Å². The molecular weight excluding hydrogens is 369 g/mol. The van der Waals surface area contributed by atoms with Gasteiger partial charge in [-0.15, -0.1) is 0 Å². The molecule has 0 spiro atoms. The van der Waals surface area contributed by atoms with Gasteiger partial charge in [-0.25, -0.2) is 21.6 Å². The molecule has 0 aliphatic heterocycles. The van der Waals surface area contributed by atoms with Crippen LogP contribution in [0.5, 0.6) is 0 Å². The molecule has 0 aromatic heterocycles. The molecular formula is C17H17F3N2O3S. The Bertz CT molecular complexity index is 916. The van der Waals surface area contributed by atoms with Crippen molar-refractivity contribution in [3.63, 3.8) is 0 Å². The topological polar surface area (TPSA) is 66.5 Å². The zero-order valence-corrected chi connectivity index (χ0v) is 14.9. The molecule has 0 saturated carbocycles. The first-order valence-electron chi connectivity index (χ1n) is 7.53. The van der Waals surface area contributed by atoms with E-state index in [1.165, 1.54) is 0 Å². The molecule has 26 heavy (non-hydrogen) atoms. The summed E-state index contributed by atoms with van der Waals surface area (Å²) >= 11 is 0. The van der Waals surface area contributed by atoms with Gasteiger partial charge >= 0.3 is 0 Å². The Balaban J connectivity index is 2.17. The summed E-state index contributed by atoms with van der Waals surface area (Å²) in [7, 11) is -4.11. The minimum absolute atomic E-state index is 0.136. The molecule has 1 N–H and O–H groups in total. The van der Waals surface area contributed by atoms with E-state index < -0.39 is 45.6 Å². The number of hydrogen-bond acceptors (Lipinski definition) is 3. The van der Waals surface area contributed by atoms with E-state index in [2.05, 4.69) is 5.32 Å². The first kappa shape index (κ1) is 19.8. The number of halogens is 3. The molecule has 5 nitrogen and oxygen atoms in total. The van der Waals surface area contributed by atoms with Crippen LogP contribution in [0.1, 0.15) is 11.1 Å². The highest BCUT2D eigenvalue weighted by Gasteiger charge is 2.26. The van der Waals surface area contributed by atoms with Crippen molar-refractivity contribution >= 4 is 21.6 Å².